The van der Waals surface area contributed by atoms with Gasteiger partial charge in [0.15, 0.2) is 11.0 Å². The molecule has 0 bridgehead atoms. The molecule has 0 atom stereocenters. The van der Waals surface area contributed by atoms with E-state index in [1.54, 1.807) is 23.4 Å². The van der Waals surface area contributed by atoms with Crippen molar-refractivity contribution in [3.05, 3.63) is 60.2 Å². The van der Waals surface area contributed by atoms with Crippen LogP contribution in [0.3, 0.4) is 0 Å². The summed E-state index contributed by atoms with van der Waals surface area (Å²) in [5.74, 6) is 0.764. The van der Waals surface area contributed by atoms with Crippen LogP contribution < -0.4 is 0 Å². The van der Waals surface area contributed by atoms with Gasteiger partial charge in [-0.15, -0.1) is 10.2 Å². The number of carbonyl (C=O) groups excluding carboxylic acids is 1. The molecule has 8 heteroatoms. The predicted octanol–water partition coefficient (Wildman–Crippen LogP) is 3.95. The van der Waals surface area contributed by atoms with Crippen LogP contribution >= 0.6 is 11.8 Å². The minimum absolute atomic E-state index is 0.00460. The zero-order chi connectivity index (χ0) is 20.2. The van der Waals surface area contributed by atoms with Gasteiger partial charge in [-0.05, 0) is 49.6 Å². The number of rotatable bonds is 8. The Morgan fingerprint density at radius 2 is 2.14 bits per heavy atom. The summed E-state index contributed by atoms with van der Waals surface area (Å²) < 4.78 is 15.6. The fraction of sp³-hybridized carbons (Fsp3) is 0.333. The Kier molecular flexibility index (Phi) is 5.89. The Balaban J connectivity index is 1.45. The number of thioether (sulfide) groups is 1. The van der Waals surface area contributed by atoms with E-state index < -0.39 is 0 Å². The Bertz CT molecular complexity index is 990. The number of hydrogen-bond donors (Lipinski definition) is 0. The van der Waals surface area contributed by atoms with Gasteiger partial charge in [-0.2, -0.15) is 0 Å². The first-order valence-electron chi connectivity index (χ1n) is 9.66. The number of carbonyl (C=O) groups is 1. The molecule has 4 rings (SSSR count). The summed E-state index contributed by atoms with van der Waals surface area (Å²) in [6, 6.07) is 10.6. The fourth-order valence-corrected chi connectivity index (χ4v) is 4.09. The zero-order valence-electron chi connectivity index (χ0n) is 16.2. The van der Waals surface area contributed by atoms with Crippen molar-refractivity contribution in [2.75, 3.05) is 12.3 Å². The van der Waals surface area contributed by atoms with Crippen LogP contribution in [0.15, 0.2) is 53.9 Å². The lowest BCUT2D eigenvalue weighted by molar-refractivity contribution is -0.128. The van der Waals surface area contributed by atoms with Gasteiger partial charge in [0, 0.05) is 37.1 Å². The molecule has 1 aliphatic carbocycles. The fourth-order valence-electron chi connectivity index (χ4n) is 3.18. The maximum absolute atomic E-state index is 13.4. The van der Waals surface area contributed by atoms with Crippen LogP contribution in [0.1, 0.15) is 31.4 Å². The van der Waals surface area contributed by atoms with Gasteiger partial charge in [0.25, 0.3) is 0 Å². The van der Waals surface area contributed by atoms with E-state index in [4.69, 9.17) is 0 Å². The summed E-state index contributed by atoms with van der Waals surface area (Å²) in [6.07, 6.45) is 5.69. The van der Waals surface area contributed by atoms with Gasteiger partial charge >= 0.3 is 0 Å². The van der Waals surface area contributed by atoms with Crippen molar-refractivity contribution in [3.63, 3.8) is 0 Å². The smallest absolute Gasteiger partial charge is 0.233 e. The van der Waals surface area contributed by atoms with Crippen molar-refractivity contribution in [1.29, 1.82) is 0 Å². The zero-order valence-corrected chi connectivity index (χ0v) is 17.0. The molecule has 0 spiro atoms. The van der Waals surface area contributed by atoms with Crippen LogP contribution in [0.4, 0.5) is 4.39 Å². The summed E-state index contributed by atoms with van der Waals surface area (Å²) in [6.45, 7) is 2.88. The van der Waals surface area contributed by atoms with Crippen molar-refractivity contribution in [2.45, 2.75) is 37.5 Å². The summed E-state index contributed by atoms with van der Waals surface area (Å²) in [4.78, 5) is 18.6. The number of aromatic nitrogens is 4. The van der Waals surface area contributed by atoms with E-state index in [0.29, 0.717) is 19.1 Å². The SMILES string of the molecule is CCN(Cc1cccc(F)c1)C(=O)CSc1nnc(-c2cccnc2)n1C1CC1. The monoisotopic (exact) mass is 411 g/mol. The highest BCUT2D eigenvalue weighted by Gasteiger charge is 2.30. The largest absolute Gasteiger partial charge is 0.338 e. The molecule has 0 N–H and O–H groups in total. The molecule has 3 aromatic rings. The number of hydrogen-bond acceptors (Lipinski definition) is 5. The Morgan fingerprint density at radius 1 is 1.28 bits per heavy atom. The average Bonchev–Trinajstić information content (AvgIpc) is 3.49. The molecule has 2 aromatic heterocycles. The number of pyridine rings is 1. The molecule has 1 fully saturated rings. The van der Waals surface area contributed by atoms with Gasteiger partial charge in [0.05, 0.1) is 5.75 Å². The van der Waals surface area contributed by atoms with E-state index in [9.17, 15) is 9.18 Å². The molecule has 0 unspecified atom stereocenters. The third-order valence-electron chi connectivity index (χ3n) is 4.82. The summed E-state index contributed by atoms with van der Waals surface area (Å²) in [5, 5.41) is 9.44. The lowest BCUT2D eigenvalue weighted by Crippen LogP contribution is -2.31. The maximum Gasteiger partial charge on any atom is 0.233 e. The number of benzene rings is 1. The second-order valence-electron chi connectivity index (χ2n) is 6.98. The Morgan fingerprint density at radius 3 is 2.83 bits per heavy atom. The molecule has 1 saturated carbocycles. The number of halogens is 1. The number of amides is 1. The van der Waals surface area contributed by atoms with Gasteiger partial charge in [-0.25, -0.2) is 4.39 Å². The molecule has 0 aliphatic heterocycles. The molecular weight excluding hydrogens is 389 g/mol. The summed E-state index contributed by atoms with van der Waals surface area (Å²) in [5.41, 5.74) is 1.71. The van der Waals surface area contributed by atoms with Crippen LogP contribution in [0.2, 0.25) is 0 Å². The summed E-state index contributed by atoms with van der Waals surface area (Å²) >= 11 is 1.40. The number of nitrogens with zero attached hydrogens (tertiary/aromatic N) is 5. The minimum atomic E-state index is -0.291. The minimum Gasteiger partial charge on any atom is -0.338 e. The molecule has 1 aromatic carbocycles. The highest BCUT2D eigenvalue weighted by Crippen LogP contribution is 2.40. The highest BCUT2D eigenvalue weighted by atomic mass is 32.2. The van der Waals surface area contributed by atoms with Crippen LogP contribution in [-0.4, -0.2) is 42.9 Å². The molecule has 2 heterocycles. The third kappa shape index (κ3) is 4.64. The van der Waals surface area contributed by atoms with E-state index in [1.165, 1.54) is 23.9 Å². The van der Waals surface area contributed by atoms with Crippen molar-refractivity contribution in [3.8, 4) is 11.4 Å². The lowest BCUT2D eigenvalue weighted by Gasteiger charge is -2.21. The Labute approximate surface area is 173 Å². The molecule has 0 radical (unpaired) electrons. The second-order valence-corrected chi connectivity index (χ2v) is 7.92. The van der Waals surface area contributed by atoms with Crippen LogP contribution in [0.25, 0.3) is 11.4 Å². The first-order chi connectivity index (χ1) is 14.2. The van der Waals surface area contributed by atoms with Gasteiger partial charge in [0.2, 0.25) is 5.91 Å². The highest BCUT2D eigenvalue weighted by molar-refractivity contribution is 7.99. The first kappa shape index (κ1) is 19.6. The van der Waals surface area contributed by atoms with Gasteiger partial charge in [0.1, 0.15) is 5.82 Å². The van der Waals surface area contributed by atoms with E-state index in [0.717, 1.165) is 34.9 Å². The standard InChI is InChI=1S/C21H22FN5OS/c1-2-26(13-15-5-3-7-17(22)11-15)19(28)14-29-21-25-24-20(27(21)18-8-9-18)16-6-4-10-23-12-16/h3-7,10-12,18H,2,8-9,13-14H2,1H3. The van der Waals surface area contributed by atoms with Gasteiger partial charge in [-0.3, -0.25) is 14.3 Å². The van der Waals surface area contributed by atoms with Crippen LogP contribution in [-0.2, 0) is 11.3 Å². The quantitative estimate of drug-likeness (QED) is 0.525. The summed E-state index contributed by atoms with van der Waals surface area (Å²) in [7, 11) is 0. The molecular formula is C21H22FN5OS. The van der Waals surface area contributed by atoms with Crippen LogP contribution in [0, 0.1) is 5.82 Å². The molecule has 6 nitrogen and oxygen atoms in total. The van der Waals surface area contributed by atoms with Crippen molar-refractivity contribution < 1.29 is 9.18 Å². The lowest BCUT2D eigenvalue weighted by atomic mass is 10.2. The molecule has 1 aliphatic rings. The average molecular weight is 412 g/mol. The molecule has 0 saturated heterocycles. The van der Waals surface area contributed by atoms with Crippen molar-refractivity contribution in [1.82, 2.24) is 24.6 Å². The van der Waals surface area contributed by atoms with E-state index in [-0.39, 0.29) is 17.5 Å². The second kappa shape index (κ2) is 8.73. The van der Waals surface area contributed by atoms with Crippen LogP contribution in [0.5, 0.6) is 0 Å². The Hall–Kier alpha value is -2.74. The van der Waals surface area contributed by atoms with Gasteiger partial charge < -0.3 is 4.90 Å². The normalized spacial score (nSPS) is 13.4. The molecule has 29 heavy (non-hydrogen) atoms. The van der Waals surface area contributed by atoms with Gasteiger partial charge in [-0.1, -0.05) is 23.9 Å². The van der Waals surface area contributed by atoms with Crippen molar-refractivity contribution in [2.24, 2.45) is 0 Å². The predicted molar refractivity (Wildman–Crippen MR) is 110 cm³/mol. The third-order valence-corrected chi connectivity index (χ3v) is 5.75. The maximum atomic E-state index is 13.4. The van der Waals surface area contributed by atoms with E-state index >= 15 is 0 Å². The topological polar surface area (TPSA) is 63.9 Å². The van der Waals surface area contributed by atoms with E-state index in [2.05, 4.69) is 19.7 Å². The first-order valence-corrected chi connectivity index (χ1v) is 10.6. The van der Waals surface area contributed by atoms with Crippen molar-refractivity contribution >= 4 is 17.7 Å². The van der Waals surface area contributed by atoms with E-state index in [1.807, 2.05) is 25.1 Å². The molecule has 150 valence electrons. The molecule has 1 amide bonds.